The van der Waals surface area contributed by atoms with Crippen molar-refractivity contribution < 1.29 is 17.9 Å². The molecule has 100 valence electrons. The van der Waals surface area contributed by atoms with Gasteiger partial charge in [0.2, 0.25) is 0 Å². The summed E-state index contributed by atoms with van der Waals surface area (Å²) in [6.07, 6.45) is -2.06. The topological polar surface area (TPSA) is 21.3 Å². The molecule has 0 amide bonds. The molecule has 1 aliphatic rings. The Morgan fingerprint density at radius 1 is 1.22 bits per heavy atom. The van der Waals surface area contributed by atoms with E-state index < -0.39 is 11.7 Å². The summed E-state index contributed by atoms with van der Waals surface area (Å²) < 4.78 is 42.5. The van der Waals surface area contributed by atoms with E-state index in [0.29, 0.717) is 18.3 Å². The molecule has 0 spiro atoms. The van der Waals surface area contributed by atoms with Crippen molar-refractivity contribution >= 4 is 0 Å². The monoisotopic (exact) mass is 259 g/mol. The van der Waals surface area contributed by atoms with Gasteiger partial charge < -0.3 is 10.1 Å². The Morgan fingerprint density at radius 2 is 1.94 bits per heavy atom. The Bertz CT molecular complexity index is 369. The van der Waals surface area contributed by atoms with Gasteiger partial charge in [-0.05, 0) is 43.7 Å². The highest BCUT2D eigenvalue weighted by Gasteiger charge is 2.30. The van der Waals surface area contributed by atoms with Gasteiger partial charge in [-0.2, -0.15) is 13.2 Å². The Balaban J connectivity index is 1.86. The second-order valence-electron chi connectivity index (χ2n) is 4.55. The van der Waals surface area contributed by atoms with Crippen LogP contribution in [0.5, 0.6) is 5.75 Å². The van der Waals surface area contributed by atoms with Gasteiger partial charge in [-0.3, -0.25) is 0 Å². The van der Waals surface area contributed by atoms with Crippen molar-refractivity contribution in [1.82, 2.24) is 5.32 Å². The Morgan fingerprint density at radius 3 is 2.50 bits per heavy atom. The van der Waals surface area contributed by atoms with Crippen LogP contribution in [0.3, 0.4) is 0 Å². The molecule has 0 saturated carbocycles. The maximum atomic E-state index is 12.3. The lowest BCUT2D eigenvalue weighted by Gasteiger charge is -2.22. The first-order valence-electron chi connectivity index (χ1n) is 6.06. The summed E-state index contributed by atoms with van der Waals surface area (Å²) in [7, 11) is 0. The molecule has 5 heteroatoms. The lowest BCUT2D eigenvalue weighted by molar-refractivity contribution is -0.137. The van der Waals surface area contributed by atoms with Crippen molar-refractivity contribution in [3.05, 3.63) is 29.8 Å². The molecule has 0 aromatic heterocycles. The number of hydrogen-bond acceptors (Lipinski definition) is 2. The third kappa shape index (κ3) is 3.63. The molecule has 1 saturated heterocycles. The smallest absolute Gasteiger partial charge is 0.416 e. The molecule has 1 heterocycles. The van der Waals surface area contributed by atoms with E-state index in [1.54, 1.807) is 0 Å². The fourth-order valence-corrected chi connectivity index (χ4v) is 2.02. The number of nitrogens with one attached hydrogen (secondary N) is 1. The molecule has 1 fully saturated rings. The van der Waals surface area contributed by atoms with Crippen LogP contribution >= 0.6 is 0 Å². The number of halogens is 3. The predicted molar refractivity (Wildman–Crippen MR) is 62.5 cm³/mol. The van der Waals surface area contributed by atoms with Gasteiger partial charge in [0.15, 0.2) is 0 Å². The summed E-state index contributed by atoms with van der Waals surface area (Å²) in [6.45, 7) is 2.51. The molecule has 0 unspecified atom stereocenters. The van der Waals surface area contributed by atoms with Gasteiger partial charge >= 0.3 is 6.18 Å². The fraction of sp³-hybridized carbons (Fsp3) is 0.538. The lowest BCUT2D eigenvalue weighted by atomic mass is 10.0. The minimum atomic E-state index is -4.29. The predicted octanol–water partition coefficient (Wildman–Crippen LogP) is 3.08. The minimum absolute atomic E-state index is 0.445. The van der Waals surface area contributed by atoms with Crippen molar-refractivity contribution in [2.75, 3.05) is 19.7 Å². The summed E-state index contributed by atoms with van der Waals surface area (Å²) in [5, 5.41) is 3.27. The molecule has 18 heavy (non-hydrogen) atoms. The molecule has 2 rings (SSSR count). The molecule has 0 radical (unpaired) electrons. The third-order valence-corrected chi connectivity index (χ3v) is 3.07. The van der Waals surface area contributed by atoms with E-state index in [1.807, 2.05) is 0 Å². The van der Waals surface area contributed by atoms with Crippen LogP contribution in [0.2, 0.25) is 0 Å². The zero-order valence-electron chi connectivity index (χ0n) is 9.96. The third-order valence-electron chi connectivity index (χ3n) is 3.07. The molecule has 1 aromatic rings. The summed E-state index contributed by atoms with van der Waals surface area (Å²) in [5.41, 5.74) is -0.644. The zero-order valence-corrected chi connectivity index (χ0v) is 9.96. The van der Waals surface area contributed by atoms with Gasteiger partial charge in [0.1, 0.15) is 5.75 Å². The van der Waals surface area contributed by atoms with Crippen LogP contribution in [0.25, 0.3) is 0 Å². The van der Waals surface area contributed by atoms with E-state index in [4.69, 9.17) is 4.74 Å². The minimum Gasteiger partial charge on any atom is -0.493 e. The van der Waals surface area contributed by atoms with Crippen LogP contribution in [0.4, 0.5) is 13.2 Å². The molecule has 1 aromatic carbocycles. The average molecular weight is 259 g/mol. The molecule has 0 bridgehead atoms. The Kier molecular flexibility index (Phi) is 4.11. The van der Waals surface area contributed by atoms with Gasteiger partial charge in [0.05, 0.1) is 12.2 Å². The Hall–Kier alpha value is -1.23. The number of rotatable bonds is 3. The van der Waals surface area contributed by atoms with E-state index in [2.05, 4.69) is 5.32 Å². The van der Waals surface area contributed by atoms with Crippen molar-refractivity contribution in [3.63, 3.8) is 0 Å². The van der Waals surface area contributed by atoms with Gasteiger partial charge in [-0.1, -0.05) is 0 Å². The molecule has 2 nitrogen and oxygen atoms in total. The van der Waals surface area contributed by atoms with Crippen LogP contribution in [0.15, 0.2) is 24.3 Å². The summed E-state index contributed by atoms with van der Waals surface area (Å²) in [4.78, 5) is 0. The van der Waals surface area contributed by atoms with Gasteiger partial charge in [0, 0.05) is 12.5 Å². The molecular formula is C13H16F3NO. The molecule has 0 aliphatic carbocycles. The number of alkyl halides is 3. The van der Waals surface area contributed by atoms with E-state index in [9.17, 15) is 13.2 Å². The van der Waals surface area contributed by atoms with E-state index >= 15 is 0 Å². The Labute approximate surface area is 104 Å². The van der Waals surface area contributed by atoms with Crippen LogP contribution < -0.4 is 10.1 Å². The van der Waals surface area contributed by atoms with Crippen LogP contribution in [-0.2, 0) is 6.18 Å². The molecule has 1 atom stereocenters. The summed E-state index contributed by atoms with van der Waals surface area (Å²) >= 11 is 0. The van der Waals surface area contributed by atoms with Crippen molar-refractivity contribution in [3.8, 4) is 5.75 Å². The number of benzene rings is 1. The molecule has 1 aliphatic heterocycles. The SMILES string of the molecule is FC(F)(F)c1ccc(OC[C@H]2CCCNC2)cc1. The normalized spacial score (nSPS) is 20.7. The first-order chi connectivity index (χ1) is 8.55. The van der Waals surface area contributed by atoms with Crippen molar-refractivity contribution in [2.45, 2.75) is 19.0 Å². The van der Waals surface area contributed by atoms with E-state index in [0.717, 1.165) is 38.1 Å². The van der Waals surface area contributed by atoms with Crippen LogP contribution in [0.1, 0.15) is 18.4 Å². The second kappa shape index (κ2) is 5.61. The maximum absolute atomic E-state index is 12.3. The van der Waals surface area contributed by atoms with E-state index in [1.165, 1.54) is 12.1 Å². The maximum Gasteiger partial charge on any atom is 0.416 e. The standard InChI is InChI=1S/C13H16F3NO/c14-13(15,16)11-3-5-12(6-4-11)18-9-10-2-1-7-17-8-10/h3-6,10,17H,1-2,7-9H2/t10-/m0/s1. The summed E-state index contributed by atoms with van der Waals surface area (Å²) in [5.74, 6) is 0.939. The highest BCUT2D eigenvalue weighted by atomic mass is 19.4. The highest BCUT2D eigenvalue weighted by molar-refractivity contribution is 5.28. The average Bonchev–Trinajstić information content (AvgIpc) is 2.37. The summed E-state index contributed by atoms with van der Waals surface area (Å²) in [6, 6.07) is 4.85. The van der Waals surface area contributed by atoms with Crippen molar-refractivity contribution in [2.24, 2.45) is 5.92 Å². The number of ether oxygens (including phenoxy) is 1. The first kappa shape index (κ1) is 13.2. The van der Waals surface area contributed by atoms with Crippen molar-refractivity contribution in [1.29, 1.82) is 0 Å². The fourth-order valence-electron chi connectivity index (χ4n) is 2.02. The van der Waals surface area contributed by atoms with Crippen LogP contribution in [0, 0.1) is 5.92 Å². The quantitative estimate of drug-likeness (QED) is 0.900. The first-order valence-corrected chi connectivity index (χ1v) is 6.06. The largest absolute Gasteiger partial charge is 0.493 e. The number of piperidine rings is 1. The van der Waals surface area contributed by atoms with E-state index in [-0.39, 0.29) is 0 Å². The molecular weight excluding hydrogens is 243 g/mol. The second-order valence-corrected chi connectivity index (χ2v) is 4.55. The van der Waals surface area contributed by atoms with Crippen LogP contribution in [-0.4, -0.2) is 19.7 Å². The van der Waals surface area contributed by atoms with Gasteiger partial charge in [0.25, 0.3) is 0 Å². The number of hydrogen-bond donors (Lipinski definition) is 1. The molecule has 1 N–H and O–H groups in total. The zero-order chi connectivity index (χ0) is 13.0. The highest BCUT2D eigenvalue weighted by Crippen LogP contribution is 2.30. The van der Waals surface area contributed by atoms with Gasteiger partial charge in [-0.25, -0.2) is 0 Å². The van der Waals surface area contributed by atoms with Gasteiger partial charge in [-0.15, -0.1) is 0 Å². The lowest BCUT2D eigenvalue weighted by Crippen LogP contribution is -2.33.